The molecular weight excluding hydrogens is 402 g/mol. The second-order valence-corrected chi connectivity index (χ2v) is 8.71. The average Bonchev–Trinajstić information content (AvgIpc) is 3.30. The maximum Gasteiger partial charge on any atom is 0.257 e. The molecule has 6 nitrogen and oxygen atoms in total. The highest BCUT2D eigenvalue weighted by Gasteiger charge is 2.34. The van der Waals surface area contributed by atoms with Gasteiger partial charge in [0, 0.05) is 12.5 Å². The van der Waals surface area contributed by atoms with Crippen molar-refractivity contribution in [2.75, 3.05) is 27.8 Å². The van der Waals surface area contributed by atoms with Crippen molar-refractivity contribution in [2.45, 2.75) is 50.6 Å². The van der Waals surface area contributed by atoms with Crippen LogP contribution in [0.15, 0.2) is 53.6 Å². The Morgan fingerprint density at radius 1 is 0.969 bits per heavy atom. The molecule has 1 fully saturated rings. The standard InChI is InChI=1S/C26H33N3O3/c1-28(21-7-5-4-6-8-21)18-26(30)29-25(20-11-15-23(32-3)16-12-20)17-24(27-29)19-9-13-22(31-2)14-10-19/h9-16,21,25H,4-8,17-18H2,1-3H3/t25-/m1/s1. The zero-order chi connectivity index (χ0) is 22.5. The SMILES string of the molecule is COc1ccc(C2=NN(C(=O)CN(C)C3CCCCC3)[C@@H](c3ccc(OC)cc3)C2)cc1. The van der Waals surface area contributed by atoms with Gasteiger partial charge in [0.1, 0.15) is 11.5 Å². The molecule has 6 heteroatoms. The lowest BCUT2D eigenvalue weighted by Crippen LogP contribution is -2.41. The molecule has 32 heavy (non-hydrogen) atoms. The van der Waals surface area contributed by atoms with Crippen molar-refractivity contribution in [3.8, 4) is 11.5 Å². The highest BCUT2D eigenvalue weighted by atomic mass is 16.5. The number of ether oxygens (including phenoxy) is 2. The molecule has 4 rings (SSSR count). The lowest BCUT2D eigenvalue weighted by molar-refractivity contribution is -0.134. The maximum atomic E-state index is 13.4. The highest BCUT2D eigenvalue weighted by Crippen LogP contribution is 2.34. The summed E-state index contributed by atoms with van der Waals surface area (Å²) in [6.07, 6.45) is 6.83. The van der Waals surface area contributed by atoms with Gasteiger partial charge in [-0.05, 0) is 67.4 Å². The third kappa shape index (κ3) is 4.96. The number of carbonyl (C=O) groups excluding carboxylic acids is 1. The highest BCUT2D eigenvalue weighted by molar-refractivity contribution is 6.03. The predicted molar refractivity (Wildman–Crippen MR) is 126 cm³/mol. The molecule has 2 aliphatic rings. The molecule has 0 spiro atoms. The van der Waals surface area contributed by atoms with Gasteiger partial charge in [0.05, 0.1) is 32.5 Å². The van der Waals surface area contributed by atoms with Crippen molar-refractivity contribution in [1.29, 1.82) is 0 Å². The number of likely N-dealkylation sites (N-methyl/N-ethyl adjacent to an activating group) is 1. The first-order valence-corrected chi connectivity index (χ1v) is 11.5. The molecule has 0 N–H and O–H groups in total. The Morgan fingerprint density at radius 3 is 2.16 bits per heavy atom. The Bertz CT molecular complexity index is 934. The van der Waals surface area contributed by atoms with Crippen LogP contribution in [0.25, 0.3) is 0 Å². The minimum Gasteiger partial charge on any atom is -0.497 e. The molecule has 2 aromatic rings. The van der Waals surface area contributed by atoms with E-state index in [1.54, 1.807) is 19.2 Å². The molecule has 0 saturated heterocycles. The van der Waals surface area contributed by atoms with Gasteiger partial charge in [0.25, 0.3) is 5.91 Å². The minimum absolute atomic E-state index is 0.0439. The van der Waals surface area contributed by atoms with E-state index in [-0.39, 0.29) is 11.9 Å². The lowest BCUT2D eigenvalue weighted by atomic mass is 9.94. The number of benzene rings is 2. The summed E-state index contributed by atoms with van der Waals surface area (Å²) in [4.78, 5) is 15.6. The molecule has 1 aliphatic heterocycles. The summed E-state index contributed by atoms with van der Waals surface area (Å²) in [5.41, 5.74) is 2.99. The van der Waals surface area contributed by atoms with E-state index in [0.29, 0.717) is 19.0 Å². The van der Waals surface area contributed by atoms with Gasteiger partial charge >= 0.3 is 0 Å². The lowest BCUT2D eigenvalue weighted by Gasteiger charge is -2.32. The average molecular weight is 436 g/mol. The Kier molecular flexibility index (Phi) is 7.10. The minimum atomic E-state index is -0.120. The molecule has 0 bridgehead atoms. The molecule has 1 aliphatic carbocycles. The summed E-state index contributed by atoms with van der Waals surface area (Å²) >= 11 is 0. The van der Waals surface area contributed by atoms with Crippen LogP contribution < -0.4 is 9.47 Å². The van der Waals surface area contributed by atoms with Gasteiger partial charge in [-0.1, -0.05) is 31.4 Å². The zero-order valence-corrected chi connectivity index (χ0v) is 19.3. The smallest absolute Gasteiger partial charge is 0.257 e. The summed E-state index contributed by atoms with van der Waals surface area (Å²) in [6.45, 7) is 0.386. The molecule has 2 aromatic carbocycles. The Morgan fingerprint density at radius 2 is 1.56 bits per heavy atom. The maximum absolute atomic E-state index is 13.4. The van der Waals surface area contributed by atoms with Gasteiger partial charge in [0.2, 0.25) is 0 Å². The van der Waals surface area contributed by atoms with Crippen LogP contribution in [0.4, 0.5) is 0 Å². The Labute approximate surface area is 190 Å². The van der Waals surface area contributed by atoms with Crippen molar-refractivity contribution in [3.05, 3.63) is 59.7 Å². The molecule has 1 amide bonds. The third-order valence-electron chi connectivity index (χ3n) is 6.67. The van der Waals surface area contributed by atoms with E-state index < -0.39 is 0 Å². The van der Waals surface area contributed by atoms with Crippen molar-refractivity contribution in [2.24, 2.45) is 5.10 Å². The number of hydrazone groups is 1. The van der Waals surface area contributed by atoms with Gasteiger partial charge in [-0.3, -0.25) is 9.69 Å². The number of rotatable bonds is 7. The van der Waals surface area contributed by atoms with E-state index in [1.807, 2.05) is 48.5 Å². The van der Waals surface area contributed by atoms with Gasteiger partial charge in [-0.2, -0.15) is 5.10 Å². The zero-order valence-electron chi connectivity index (χ0n) is 19.3. The van der Waals surface area contributed by atoms with E-state index in [9.17, 15) is 4.79 Å². The molecular formula is C26H33N3O3. The van der Waals surface area contributed by atoms with Crippen LogP contribution >= 0.6 is 0 Å². The second kappa shape index (κ2) is 10.2. The number of hydrogen-bond donors (Lipinski definition) is 0. The Hall–Kier alpha value is -2.86. The molecule has 0 unspecified atom stereocenters. The van der Waals surface area contributed by atoms with Crippen molar-refractivity contribution >= 4 is 11.6 Å². The second-order valence-electron chi connectivity index (χ2n) is 8.71. The molecule has 0 aromatic heterocycles. The van der Waals surface area contributed by atoms with E-state index in [1.165, 1.54) is 32.1 Å². The first-order valence-electron chi connectivity index (χ1n) is 11.5. The van der Waals surface area contributed by atoms with Crippen molar-refractivity contribution in [1.82, 2.24) is 9.91 Å². The van der Waals surface area contributed by atoms with Crippen LogP contribution in [-0.4, -0.2) is 55.4 Å². The monoisotopic (exact) mass is 435 g/mol. The van der Waals surface area contributed by atoms with Crippen LogP contribution in [-0.2, 0) is 4.79 Å². The molecule has 1 heterocycles. The number of amides is 1. The van der Waals surface area contributed by atoms with Gasteiger partial charge < -0.3 is 9.47 Å². The molecule has 1 atom stereocenters. The fourth-order valence-electron chi connectivity index (χ4n) is 4.72. The van der Waals surface area contributed by atoms with Crippen LogP contribution in [0.2, 0.25) is 0 Å². The normalized spacial score (nSPS) is 19.2. The van der Waals surface area contributed by atoms with Crippen LogP contribution in [0.5, 0.6) is 11.5 Å². The van der Waals surface area contributed by atoms with Crippen LogP contribution in [0.3, 0.4) is 0 Å². The fraction of sp³-hybridized carbons (Fsp3) is 0.462. The summed E-state index contributed by atoms with van der Waals surface area (Å²) < 4.78 is 10.6. The summed E-state index contributed by atoms with van der Waals surface area (Å²) in [6, 6.07) is 16.2. The van der Waals surface area contributed by atoms with Gasteiger partial charge in [0.15, 0.2) is 0 Å². The third-order valence-corrected chi connectivity index (χ3v) is 6.67. The topological polar surface area (TPSA) is 54.4 Å². The fourth-order valence-corrected chi connectivity index (χ4v) is 4.72. The number of methoxy groups -OCH3 is 2. The van der Waals surface area contributed by atoms with Crippen molar-refractivity contribution in [3.63, 3.8) is 0 Å². The summed E-state index contributed by atoms with van der Waals surface area (Å²) in [7, 11) is 5.39. The predicted octanol–water partition coefficient (Wildman–Crippen LogP) is 4.65. The number of hydrogen-bond acceptors (Lipinski definition) is 5. The largest absolute Gasteiger partial charge is 0.497 e. The van der Waals surface area contributed by atoms with Gasteiger partial charge in [-0.15, -0.1) is 0 Å². The first kappa shape index (κ1) is 22.3. The van der Waals surface area contributed by atoms with Crippen LogP contribution in [0, 0.1) is 0 Å². The van der Waals surface area contributed by atoms with Crippen molar-refractivity contribution < 1.29 is 14.3 Å². The van der Waals surface area contributed by atoms with E-state index in [0.717, 1.165) is 28.3 Å². The molecule has 1 saturated carbocycles. The van der Waals surface area contributed by atoms with E-state index in [4.69, 9.17) is 14.6 Å². The van der Waals surface area contributed by atoms with E-state index in [2.05, 4.69) is 11.9 Å². The summed E-state index contributed by atoms with van der Waals surface area (Å²) in [5.74, 6) is 1.65. The van der Waals surface area contributed by atoms with Crippen LogP contribution in [0.1, 0.15) is 55.7 Å². The Balaban J connectivity index is 1.56. The quantitative estimate of drug-likeness (QED) is 0.635. The number of carbonyl (C=O) groups is 1. The number of nitrogens with zero attached hydrogens (tertiary/aromatic N) is 3. The molecule has 170 valence electrons. The molecule has 0 radical (unpaired) electrons. The first-order chi connectivity index (χ1) is 15.6. The summed E-state index contributed by atoms with van der Waals surface area (Å²) in [5, 5.41) is 6.51. The van der Waals surface area contributed by atoms with Gasteiger partial charge in [-0.25, -0.2) is 5.01 Å². The van der Waals surface area contributed by atoms with E-state index >= 15 is 0 Å².